The van der Waals surface area contributed by atoms with Crippen LogP contribution in [0.2, 0.25) is 0 Å². The lowest BCUT2D eigenvalue weighted by atomic mass is 10.0. The summed E-state index contributed by atoms with van der Waals surface area (Å²) in [4.78, 5) is 19.0. The van der Waals surface area contributed by atoms with E-state index < -0.39 is 17.5 Å². The van der Waals surface area contributed by atoms with Crippen LogP contribution in [0.5, 0.6) is 5.75 Å². The van der Waals surface area contributed by atoms with Gasteiger partial charge in [-0.3, -0.25) is 0 Å². The number of aromatic nitrogens is 2. The number of imidazole rings is 1. The molecule has 0 aliphatic carbocycles. The van der Waals surface area contributed by atoms with Crippen LogP contribution < -0.4 is 0 Å². The van der Waals surface area contributed by atoms with E-state index in [1.54, 1.807) is 18.2 Å². The maximum atomic E-state index is 13.9. The second-order valence-corrected chi connectivity index (χ2v) is 4.90. The number of methoxy groups -OCH3 is 1. The van der Waals surface area contributed by atoms with Crippen molar-refractivity contribution in [3.8, 4) is 16.9 Å². The minimum atomic E-state index is -0.879. The summed E-state index contributed by atoms with van der Waals surface area (Å²) < 4.78 is 18.5. The lowest BCUT2D eigenvalue weighted by Crippen LogP contribution is -2.02. The van der Waals surface area contributed by atoms with Crippen LogP contribution in [0.1, 0.15) is 16.2 Å². The molecule has 3 aromatic rings. The number of fused-ring (bicyclic) bond motifs is 1. The van der Waals surface area contributed by atoms with Crippen LogP contribution in [0.3, 0.4) is 0 Å². The molecule has 1 aromatic heterocycles. The number of halogens is 1. The zero-order valence-corrected chi connectivity index (χ0v) is 12.0. The number of phenols is 1. The molecule has 0 aliphatic rings. The second kappa shape index (κ2) is 5.14. The van der Waals surface area contributed by atoms with E-state index in [9.17, 15) is 14.3 Å². The smallest absolute Gasteiger partial charge is 0.337 e. The number of carbonyl (C=O) groups is 1. The third-order valence-corrected chi connectivity index (χ3v) is 3.40. The van der Waals surface area contributed by atoms with Crippen molar-refractivity contribution >= 4 is 17.0 Å². The largest absolute Gasteiger partial charge is 0.504 e. The summed E-state index contributed by atoms with van der Waals surface area (Å²) in [7, 11) is 1.21. The topological polar surface area (TPSA) is 75.2 Å². The summed E-state index contributed by atoms with van der Waals surface area (Å²) >= 11 is 0. The predicted molar refractivity (Wildman–Crippen MR) is 79.2 cm³/mol. The van der Waals surface area contributed by atoms with Crippen molar-refractivity contribution in [2.24, 2.45) is 0 Å². The van der Waals surface area contributed by atoms with Gasteiger partial charge in [-0.1, -0.05) is 6.07 Å². The highest BCUT2D eigenvalue weighted by Gasteiger charge is 2.16. The van der Waals surface area contributed by atoms with Gasteiger partial charge in [-0.25, -0.2) is 14.2 Å². The normalized spacial score (nSPS) is 10.9. The van der Waals surface area contributed by atoms with Crippen LogP contribution in [0.15, 0.2) is 30.3 Å². The van der Waals surface area contributed by atoms with Crippen molar-refractivity contribution in [3.63, 3.8) is 0 Å². The number of phenolic OH excluding ortho intramolecular Hbond substituents is 1. The Kier molecular flexibility index (Phi) is 3.29. The van der Waals surface area contributed by atoms with E-state index >= 15 is 0 Å². The van der Waals surface area contributed by atoms with Gasteiger partial charge in [0, 0.05) is 5.56 Å². The van der Waals surface area contributed by atoms with E-state index in [-0.39, 0.29) is 11.1 Å². The first-order valence-electron chi connectivity index (χ1n) is 6.57. The quantitative estimate of drug-likeness (QED) is 0.713. The number of ether oxygens (including phenoxy) is 1. The number of aromatic hydroxyl groups is 1. The molecule has 0 amide bonds. The van der Waals surface area contributed by atoms with E-state index in [1.807, 2.05) is 6.92 Å². The molecule has 0 unspecified atom stereocenters. The number of rotatable bonds is 2. The average Bonchev–Trinajstić information content (AvgIpc) is 2.88. The van der Waals surface area contributed by atoms with Crippen molar-refractivity contribution in [1.29, 1.82) is 0 Å². The summed E-state index contributed by atoms with van der Waals surface area (Å²) in [6.45, 7) is 1.83. The van der Waals surface area contributed by atoms with Crippen molar-refractivity contribution in [2.45, 2.75) is 6.92 Å². The molecule has 0 atom stereocenters. The van der Waals surface area contributed by atoms with E-state index in [4.69, 9.17) is 0 Å². The molecule has 2 aromatic carbocycles. The van der Waals surface area contributed by atoms with Gasteiger partial charge in [-0.15, -0.1) is 0 Å². The van der Waals surface area contributed by atoms with Gasteiger partial charge >= 0.3 is 5.97 Å². The maximum Gasteiger partial charge on any atom is 0.337 e. The number of aromatic amines is 1. The molecule has 2 N–H and O–H groups in total. The third-order valence-electron chi connectivity index (χ3n) is 3.40. The zero-order valence-electron chi connectivity index (χ0n) is 12.0. The first-order chi connectivity index (χ1) is 10.5. The van der Waals surface area contributed by atoms with Crippen molar-refractivity contribution < 1.29 is 19.0 Å². The molecule has 0 aliphatic heterocycles. The van der Waals surface area contributed by atoms with Crippen LogP contribution in [0.4, 0.5) is 4.39 Å². The number of esters is 1. The van der Waals surface area contributed by atoms with Gasteiger partial charge in [0.15, 0.2) is 11.6 Å². The monoisotopic (exact) mass is 300 g/mol. The Morgan fingerprint density at radius 3 is 2.82 bits per heavy atom. The Labute approximate surface area is 125 Å². The highest BCUT2D eigenvalue weighted by atomic mass is 19.1. The zero-order chi connectivity index (χ0) is 15.9. The Balaban J connectivity index is 2.19. The molecule has 0 bridgehead atoms. The number of nitrogens with zero attached hydrogens (tertiary/aromatic N) is 1. The fraction of sp³-hybridized carbons (Fsp3) is 0.125. The van der Waals surface area contributed by atoms with Crippen LogP contribution in [-0.2, 0) is 4.74 Å². The first-order valence-corrected chi connectivity index (χ1v) is 6.57. The number of benzene rings is 2. The maximum absolute atomic E-state index is 13.9. The fourth-order valence-electron chi connectivity index (χ4n) is 2.36. The predicted octanol–water partition coefficient (Wildman–Crippen LogP) is 3.17. The average molecular weight is 300 g/mol. The molecule has 0 radical (unpaired) electrons. The van der Waals surface area contributed by atoms with Crippen LogP contribution in [0, 0.1) is 12.7 Å². The molecule has 5 nitrogen and oxygen atoms in total. The summed E-state index contributed by atoms with van der Waals surface area (Å²) in [5, 5.41) is 9.95. The molecule has 0 saturated carbocycles. The number of carbonyl (C=O) groups excluding carboxylic acids is 1. The van der Waals surface area contributed by atoms with Gasteiger partial charge in [-0.05, 0) is 36.8 Å². The molecule has 3 rings (SSSR count). The summed E-state index contributed by atoms with van der Waals surface area (Å²) in [5.74, 6) is -1.31. The summed E-state index contributed by atoms with van der Waals surface area (Å²) in [6.07, 6.45) is 0. The third kappa shape index (κ3) is 2.28. The number of nitrogens with one attached hydrogen (secondary N) is 1. The fourth-order valence-corrected chi connectivity index (χ4v) is 2.36. The highest BCUT2D eigenvalue weighted by molar-refractivity contribution is 5.93. The molecule has 1 heterocycles. The standard InChI is InChI=1S/C16H13FN2O3/c1-8-18-13-4-3-9(7-14(13)19-8)11-5-10(16(21)22-2)6-12(17)15(11)20/h3-7,20H,1-2H3,(H,18,19). The van der Waals surface area contributed by atoms with Crippen molar-refractivity contribution in [1.82, 2.24) is 9.97 Å². The van der Waals surface area contributed by atoms with Gasteiger partial charge in [0.05, 0.1) is 23.7 Å². The van der Waals surface area contributed by atoms with E-state index in [0.29, 0.717) is 11.1 Å². The molecule has 0 fully saturated rings. The number of hydrogen-bond donors (Lipinski definition) is 2. The van der Waals surface area contributed by atoms with Crippen LogP contribution in [-0.4, -0.2) is 28.2 Å². The van der Waals surface area contributed by atoms with E-state index in [2.05, 4.69) is 14.7 Å². The Hall–Kier alpha value is -2.89. The number of H-pyrrole nitrogens is 1. The SMILES string of the molecule is COC(=O)c1cc(F)c(O)c(-c2ccc3[nH]c(C)nc3c2)c1. The number of hydrogen-bond acceptors (Lipinski definition) is 4. The first kappa shape index (κ1) is 14.1. The summed E-state index contributed by atoms with van der Waals surface area (Å²) in [6, 6.07) is 7.56. The molecular formula is C16H13FN2O3. The van der Waals surface area contributed by atoms with Crippen LogP contribution >= 0.6 is 0 Å². The molecule has 22 heavy (non-hydrogen) atoms. The van der Waals surface area contributed by atoms with Gasteiger partial charge in [0.1, 0.15) is 5.82 Å². The Morgan fingerprint density at radius 2 is 2.09 bits per heavy atom. The van der Waals surface area contributed by atoms with Crippen LogP contribution in [0.25, 0.3) is 22.2 Å². The minimum Gasteiger partial charge on any atom is -0.504 e. The molecule has 6 heteroatoms. The Morgan fingerprint density at radius 1 is 1.32 bits per heavy atom. The van der Waals surface area contributed by atoms with Crippen molar-refractivity contribution in [3.05, 3.63) is 47.5 Å². The van der Waals surface area contributed by atoms with Gasteiger partial charge < -0.3 is 14.8 Å². The Bertz CT molecular complexity index is 886. The molecule has 0 spiro atoms. The van der Waals surface area contributed by atoms with E-state index in [1.165, 1.54) is 13.2 Å². The molecule has 0 saturated heterocycles. The molecule has 112 valence electrons. The molecular weight excluding hydrogens is 287 g/mol. The summed E-state index contributed by atoms with van der Waals surface area (Å²) in [5.41, 5.74) is 2.33. The van der Waals surface area contributed by atoms with Gasteiger partial charge in [0.25, 0.3) is 0 Å². The lowest BCUT2D eigenvalue weighted by molar-refractivity contribution is 0.0600. The minimum absolute atomic E-state index is 0.0334. The second-order valence-electron chi connectivity index (χ2n) is 4.90. The van der Waals surface area contributed by atoms with Gasteiger partial charge in [0.2, 0.25) is 0 Å². The van der Waals surface area contributed by atoms with Crippen molar-refractivity contribution in [2.75, 3.05) is 7.11 Å². The highest BCUT2D eigenvalue weighted by Crippen LogP contribution is 2.34. The van der Waals surface area contributed by atoms with E-state index in [0.717, 1.165) is 17.4 Å². The van der Waals surface area contributed by atoms with Gasteiger partial charge in [-0.2, -0.15) is 0 Å². The lowest BCUT2D eigenvalue weighted by Gasteiger charge is -2.08. The number of aryl methyl sites for hydroxylation is 1.